The third-order valence-electron chi connectivity index (χ3n) is 2.62. The highest BCUT2D eigenvalue weighted by molar-refractivity contribution is 6.32. The molecular weight excluding hydrogens is 273 g/mol. The van der Waals surface area contributed by atoms with Crippen LogP contribution < -0.4 is 4.74 Å². The van der Waals surface area contributed by atoms with Gasteiger partial charge in [-0.1, -0.05) is 23.2 Å². The Hall–Kier alpha value is -0.580. The van der Waals surface area contributed by atoms with Gasteiger partial charge in [-0.25, -0.2) is 0 Å². The standard InChI is InChI=1S/C12H19Cl2N3O/c1-8(2)17(9(3)4)5-6-18-10-7-11(13)15-16-12(10)14/h7-9H,5-6H2,1-4H3. The fourth-order valence-corrected chi connectivity index (χ4v) is 2.10. The summed E-state index contributed by atoms with van der Waals surface area (Å²) in [5, 5.41) is 7.84. The Kier molecular flexibility index (Phi) is 6.12. The molecule has 18 heavy (non-hydrogen) atoms. The summed E-state index contributed by atoms with van der Waals surface area (Å²) in [6.45, 7) is 10.0. The van der Waals surface area contributed by atoms with E-state index in [9.17, 15) is 0 Å². The Morgan fingerprint density at radius 3 is 2.33 bits per heavy atom. The fraction of sp³-hybridized carbons (Fsp3) is 0.667. The molecule has 0 radical (unpaired) electrons. The maximum absolute atomic E-state index is 5.87. The third-order valence-corrected chi connectivity index (χ3v) is 3.07. The average molecular weight is 292 g/mol. The normalized spacial score (nSPS) is 11.6. The van der Waals surface area contributed by atoms with Crippen molar-refractivity contribution in [2.24, 2.45) is 0 Å². The molecule has 0 saturated carbocycles. The van der Waals surface area contributed by atoms with Crippen molar-refractivity contribution in [1.82, 2.24) is 15.1 Å². The first kappa shape index (κ1) is 15.5. The summed E-state index contributed by atoms with van der Waals surface area (Å²) in [5.74, 6) is 0.476. The first-order valence-electron chi connectivity index (χ1n) is 5.99. The number of hydrogen-bond donors (Lipinski definition) is 0. The van der Waals surface area contributed by atoms with Gasteiger partial charge in [0.1, 0.15) is 6.61 Å². The molecule has 6 heteroatoms. The molecule has 0 aliphatic carbocycles. The van der Waals surface area contributed by atoms with Crippen molar-refractivity contribution < 1.29 is 4.74 Å². The van der Waals surface area contributed by atoms with Gasteiger partial charge in [0.15, 0.2) is 16.1 Å². The number of rotatable bonds is 6. The van der Waals surface area contributed by atoms with Gasteiger partial charge in [0.25, 0.3) is 0 Å². The molecule has 1 aromatic heterocycles. The molecular formula is C12H19Cl2N3O. The van der Waals surface area contributed by atoms with Gasteiger partial charge in [-0.05, 0) is 27.7 Å². The highest BCUT2D eigenvalue weighted by Gasteiger charge is 2.13. The lowest BCUT2D eigenvalue weighted by molar-refractivity contribution is 0.142. The van der Waals surface area contributed by atoms with Crippen molar-refractivity contribution in [3.05, 3.63) is 16.4 Å². The van der Waals surface area contributed by atoms with Crippen LogP contribution in [0.2, 0.25) is 10.3 Å². The van der Waals surface area contributed by atoms with Gasteiger partial charge < -0.3 is 4.74 Å². The van der Waals surface area contributed by atoms with Gasteiger partial charge in [-0.2, -0.15) is 0 Å². The predicted molar refractivity (Wildman–Crippen MR) is 74.5 cm³/mol. The maximum atomic E-state index is 5.87. The molecule has 1 heterocycles. The number of nitrogens with zero attached hydrogens (tertiary/aromatic N) is 3. The molecule has 0 amide bonds. The topological polar surface area (TPSA) is 38.2 Å². The minimum atomic E-state index is 0.236. The Morgan fingerprint density at radius 1 is 1.17 bits per heavy atom. The Balaban J connectivity index is 2.52. The molecule has 4 nitrogen and oxygen atoms in total. The monoisotopic (exact) mass is 291 g/mol. The van der Waals surface area contributed by atoms with Crippen molar-refractivity contribution in [2.45, 2.75) is 39.8 Å². The Labute approximate surface area is 118 Å². The number of aromatic nitrogens is 2. The lowest BCUT2D eigenvalue weighted by Crippen LogP contribution is -2.39. The molecule has 0 spiro atoms. The van der Waals surface area contributed by atoms with Gasteiger partial charge in [-0.15, -0.1) is 10.2 Å². The van der Waals surface area contributed by atoms with Gasteiger partial charge in [-0.3, -0.25) is 4.90 Å². The van der Waals surface area contributed by atoms with E-state index in [1.807, 2.05) is 0 Å². The van der Waals surface area contributed by atoms with Gasteiger partial charge in [0.05, 0.1) is 0 Å². The van der Waals surface area contributed by atoms with Gasteiger partial charge >= 0.3 is 0 Å². The molecule has 0 aliphatic rings. The molecule has 0 saturated heterocycles. The Bertz CT molecular complexity index is 378. The van der Waals surface area contributed by atoms with Crippen molar-refractivity contribution in [3.8, 4) is 5.75 Å². The minimum Gasteiger partial charge on any atom is -0.489 e. The molecule has 1 rings (SSSR count). The van der Waals surface area contributed by atoms with Crippen molar-refractivity contribution >= 4 is 23.2 Å². The van der Waals surface area contributed by atoms with Crippen LogP contribution in [-0.4, -0.2) is 40.3 Å². The van der Waals surface area contributed by atoms with Crippen LogP contribution in [0.25, 0.3) is 0 Å². The van der Waals surface area contributed by atoms with Crippen LogP contribution in [-0.2, 0) is 0 Å². The zero-order chi connectivity index (χ0) is 13.7. The largest absolute Gasteiger partial charge is 0.489 e. The first-order chi connectivity index (χ1) is 8.41. The SMILES string of the molecule is CC(C)N(CCOc1cc(Cl)nnc1Cl)C(C)C. The maximum Gasteiger partial charge on any atom is 0.193 e. The summed E-state index contributed by atoms with van der Waals surface area (Å²) >= 11 is 11.6. The molecule has 0 aliphatic heterocycles. The second kappa shape index (κ2) is 7.12. The van der Waals surface area contributed by atoms with Crippen LogP contribution >= 0.6 is 23.2 Å². The van der Waals surface area contributed by atoms with Crippen LogP contribution in [0.15, 0.2) is 6.07 Å². The highest BCUT2D eigenvalue weighted by Crippen LogP contribution is 2.23. The second-order valence-electron chi connectivity index (χ2n) is 4.60. The van der Waals surface area contributed by atoms with Gasteiger partial charge in [0, 0.05) is 24.7 Å². The van der Waals surface area contributed by atoms with E-state index in [2.05, 4.69) is 42.8 Å². The van der Waals surface area contributed by atoms with Crippen LogP contribution in [0.1, 0.15) is 27.7 Å². The van der Waals surface area contributed by atoms with Crippen LogP contribution in [0.5, 0.6) is 5.75 Å². The summed E-state index contributed by atoms with van der Waals surface area (Å²) in [4.78, 5) is 2.34. The third kappa shape index (κ3) is 4.59. The summed E-state index contributed by atoms with van der Waals surface area (Å²) in [5.41, 5.74) is 0. The van der Waals surface area contributed by atoms with Gasteiger partial charge in [0.2, 0.25) is 0 Å². The summed E-state index contributed by atoms with van der Waals surface area (Å²) < 4.78 is 5.59. The lowest BCUT2D eigenvalue weighted by Gasteiger charge is -2.30. The fourth-order valence-electron chi connectivity index (χ4n) is 1.81. The number of halogens is 2. The molecule has 1 aromatic rings. The highest BCUT2D eigenvalue weighted by atomic mass is 35.5. The van der Waals surface area contributed by atoms with E-state index < -0.39 is 0 Å². The van der Waals surface area contributed by atoms with E-state index in [1.165, 1.54) is 0 Å². The number of ether oxygens (including phenoxy) is 1. The van der Waals surface area contributed by atoms with Crippen molar-refractivity contribution in [3.63, 3.8) is 0 Å². The van der Waals surface area contributed by atoms with E-state index in [-0.39, 0.29) is 10.3 Å². The molecule has 0 aromatic carbocycles. The number of hydrogen-bond acceptors (Lipinski definition) is 4. The molecule has 0 atom stereocenters. The van der Waals surface area contributed by atoms with E-state index in [0.29, 0.717) is 24.4 Å². The van der Waals surface area contributed by atoms with E-state index in [1.54, 1.807) is 6.07 Å². The van der Waals surface area contributed by atoms with E-state index in [4.69, 9.17) is 27.9 Å². The molecule has 0 bridgehead atoms. The van der Waals surface area contributed by atoms with Crippen LogP contribution in [0, 0.1) is 0 Å². The quantitative estimate of drug-likeness (QED) is 0.806. The van der Waals surface area contributed by atoms with E-state index >= 15 is 0 Å². The van der Waals surface area contributed by atoms with Crippen molar-refractivity contribution in [2.75, 3.05) is 13.2 Å². The van der Waals surface area contributed by atoms with E-state index in [0.717, 1.165) is 6.54 Å². The average Bonchev–Trinajstić information content (AvgIpc) is 2.27. The van der Waals surface area contributed by atoms with Crippen LogP contribution in [0.3, 0.4) is 0 Å². The lowest BCUT2D eigenvalue weighted by atomic mass is 10.2. The smallest absolute Gasteiger partial charge is 0.193 e. The summed E-state index contributed by atoms with van der Waals surface area (Å²) in [6.07, 6.45) is 0. The zero-order valence-electron chi connectivity index (χ0n) is 11.2. The molecule has 102 valence electrons. The zero-order valence-corrected chi connectivity index (χ0v) is 12.7. The second-order valence-corrected chi connectivity index (χ2v) is 5.34. The van der Waals surface area contributed by atoms with Crippen LogP contribution in [0.4, 0.5) is 0 Å². The first-order valence-corrected chi connectivity index (χ1v) is 6.74. The minimum absolute atomic E-state index is 0.236. The molecule has 0 unspecified atom stereocenters. The summed E-state index contributed by atoms with van der Waals surface area (Å²) in [7, 11) is 0. The van der Waals surface area contributed by atoms with Crippen molar-refractivity contribution in [1.29, 1.82) is 0 Å². The molecule has 0 fully saturated rings. The predicted octanol–water partition coefficient (Wildman–Crippen LogP) is 3.28. The summed E-state index contributed by atoms with van der Waals surface area (Å²) in [6, 6.07) is 2.53. The Morgan fingerprint density at radius 2 is 1.78 bits per heavy atom. The molecule has 0 N–H and O–H groups in total.